The molecule has 2 rings (SSSR count). The van der Waals surface area contributed by atoms with Gasteiger partial charge in [-0.3, -0.25) is 9.69 Å². The Labute approximate surface area is 126 Å². The van der Waals surface area contributed by atoms with Crippen molar-refractivity contribution in [1.82, 2.24) is 4.90 Å². The minimum Gasteiger partial charge on any atom is -0.382 e. The molecule has 0 aromatic heterocycles. The highest BCUT2D eigenvalue weighted by molar-refractivity contribution is 9.10. The van der Waals surface area contributed by atoms with E-state index in [0.29, 0.717) is 18.2 Å². The summed E-state index contributed by atoms with van der Waals surface area (Å²) in [7, 11) is 0. The first-order chi connectivity index (χ1) is 9.58. The van der Waals surface area contributed by atoms with Gasteiger partial charge < -0.3 is 11.1 Å². The maximum Gasteiger partial charge on any atom is 0.231 e. The van der Waals surface area contributed by atoms with Gasteiger partial charge in [0.05, 0.1) is 12.1 Å². The van der Waals surface area contributed by atoms with Crippen LogP contribution in [-0.2, 0) is 4.79 Å². The largest absolute Gasteiger partial charge is 0.382 e. The number of halogens is 1. The number of carbonyl (C=O) groups is 1. The van der Waals surface area contributed by atoms with Crippen molar-refractivity contribution in [2.24, 2.45) is 5.73 Å². The number of carbonyl (C=O) groups excluding carboxylic acids is 1. The molecule has 1 fully saturated rings. The van der Waals surface area contributed by atoms with E-state index >= 15 is 0 Å². The number of anilines is 1. The maximum absolute atomic E-state index is 10.9. The lowest BCUT2D eigenvalue weighted by Gasteiger charge is -2.32. The Balaban J connectivity index is 1.88. The van der Waals surface area contributed by atoms with Crippen LogP contribution < -0.4 is 11.1 Å². The number of primary amides is 1. The molecule has 6 heteroatoms. The molecule has 1 heterocycles. The van der Waals surface area contributed by atoms with E-state index in [0.717, 1.165) is 36.1 Å². The molecule has 0 radical (unpaired) electrons. The summed E-state index contributed by atoms with van der Waals surface area (Å²) in [6, 6.07) is 8.15. The summed E-state index contributed by atoms with van der Waals surface area (Å²) in [5, 5.41) is 12.4. The lowest BCUT2D eigenvalue weighted by atomic mass is 10.0. The summed E-state index contributed by atoms with van der Waals surface area (Å²) in [5.74, 6) is -0.271. The Morgan fingerprint density at radius 3 is 2.75 bits per heavy atom. The summed E-state index contributed by atoms with van der Waals surface area (Å²) in [4.78, 5) is 12.9. The van der Waals surface area contributed by atoms with E-state index in [1.165, 1.54) is 0 Å². The first kappa shape index (κ1) is 14.8. The van der Waals surface area contributed by atoms with Crippen LogP contribution in [0.1, 0.15) is 18.4 Å². The van der Waals surface area contributed by atoms with Gasteiger partial charge in [-0.05, 0) is 47.0 Å². The molecule has 0 atom stereocenters. The summed E-state index contributed by atoms with van der Waals surface area (Å²) in [6.45, 7) is 2.09. The van der Waals surface area contributed by atoms with Gasteiger partial charge in [0.25, 0.3) is 0 Å². The second-order valence-electron chi connectivity index (χ2n) is 4.97. The van der Waals surface area contributed by atoms with Crippen molar-refractivity contribution in [2.45, 2.75) is 18.9 Å². The quantitative estimate of drug-likeness (QED) is 0.876. The highest BCUT2D eigenvalue weighted by Gasteiger charge is 2.20. The van der Waals surface area contributed by atoms with Gasteiger partial charge in [0, 0.05) is 29.3 Å². The second-order valence-corrected chi connectivity index (χ2v) is 5.82. The lowest BCUT2D eigenvalue weighted by molar-refractivity contribution is -0.119. The number of benzene rings is 1. The van der Waals surface area contributed by atoms with Crippen LogP contribution in [0.2, 0.25) is 0 Å². The Hall–Kier alpha value is -1.58. The van der Waals surface area contributed by atoms with Gasteiger partial charge >= 0.3 is 0 Å². The summed E-state index contributed by atoms with van der Waals surface area (Å²) < 4.78 is 0.802. The van der Waals surface area contributed by atoms with Gasteiger partial charge in [-0.25, -0.2) is 0 Å². The summed E-state index contributed by atoms with van der Waals surface area (Å²) >= 11 is 3.39. The molecule has 0 aliphatic carbocycles. The van der Waals surface area contributed by atoms with Gasteiger partial charge in [-0.2, -0.15) is 5.26 Å². The van der Waals surface area contributed by atoms with Crippen molar-refractivity contribution >= 4 is 27.5 Å². The van der Waals surface area contributed by atoms with Crippen molar-refractivity contribution in [3.8, 4) is 6.07 Å². The molecule has 20 heavy (non-hydrogen) atoms. The molecule has 0 saturated carbocycles. The fraction of sp³-hybridized carbons (Fsp3) is 0.429. The third-order valence-electron chi connectivity index (χ3n) is 3.43. The molecule has 1 amide bonds. The standard InChI is InChI=1S/C14H17BrN4O/c15-13-7-12(2-1-10(13)8-16)18-11-3-5-19(6-4-11)9-14(17)20/h1-2,7,11,18H,3-6,9H2,(H2,17,20). The average Bonchev–Trinajstić information content (AvgIpc) is 2.41. The molecule has 0 bridgehead atoms. The minimum absolute atomic E-state index is 0.271. The van der Waals surface area contributed by atoms with Crippen molar-refractivity contribution in [1.29, 1.82) is 5.26 Å². The smallest absolute Gasteiger partial charge is 0.231 e. The number of hydrogen-bond acceptors (Lipinski definition) is 4. The zero-order chi connectivity index (χ0) is 14.5. The minimum atomic E-state index is -0.271. The molecule has 1 aromatic rings. The van der Waals surface area contributed by atoms with Crippen LogP contribution in [0, 0.1) is 11.3 Å². The van der Waals surface area contributed by atoms with Gasteiger partial charge in [-0.15, -0.1) is 0 Å². The lowest BCUT2D eigenvalue weighted by Crippen LogP contribution is -2.42. The van der Waals surface area contributed by atoms with Crippen molar-refractivity contribution in [2.75, 3.05) is 25.0 Å². The van der Waals surface area contributed by atoms with Gasteiger partial charge in [-0.1, -0.05) is 0 Å². The second kappa shape index (κ2) is 6.73. The zero-order valence-corrected chi connectivity index (χ0v) is 12.7. The van der Waals surface area contributed by atoms with Crippen LogP contribution >= 0.6 is 15.9 Å². The molecule has 5 nitrogen and oxygen atoms in total. The first-order valence-electron chi connectivity index (χ1n) is 6.55. The topological polar surface area (TPSA) is 82.2 Å². The van der Waals surface area contributed by atoms with Crippen LogP contribution in [-0.4, -0.2) is 36.5 Å². The molecule has 1 saturated heterocycles. The Kier molecular flexibility index (Phi) is 4.99. The fourth-order valence-electron chi connectivity index (χ4n) is 2.39. The van der Waals surface area contributed by atoms with Crippen LogP contribution in [0.3, 0.4) is 0 Å². The van der Waals surface area contributed by atoms with Crippen molar-refractivity contribution < 1.29 is 4.79 Å². The summed E-state index contributed by atoms with van der Waals surface area (Å²) in [6.07, 6.45) is 1.95. The van der Waals surface area contributed by atoms with E-state index in [2.05, 4.69) is 32.2 Å². The fourth-order valence-corrected chi connectivity index (χ4v) is 2.85. The number of nitrogens with zero attached hydrogens (tertiary/aromatic N) is 2. The van der Waals surface area contributed by atoms with E-state index < -0.39 is 0 Å². The maximum atomic E-state index is 10.9. The first-order valence-corrected chi connectivity index (χ1v) is 7.34. The molecular weight excluding hydrogens is 320 g/mol. The predicted molar refractivity (Wildman–Crippen MR) is 81.1 cm³/mol. The monoisotopic (exact) mass is 336 g/mol. The van der Waals surface area contributed by atoms with E-state index in [1.54, 1.807) is 6.07 Å². The predicted octanol–water partition coefficient (Wildman–Crippen LogP) is 1.68. The van der Waals surface area contributed by atoms with Gasteiger partial charge in [0.2, 0.25) is 5.91 Å². The van der Waals surface area contributed by atoms with Gasteiger partial charge in [0.15, 0.2) is 0 Å². The number of nitrogens with one attached hydrogen (secondary N) is 1. The third kappa shape index (κ3) is 3.95. The highest BCUT2D eigenvalue weighted by atomic mass is 79.9. The normalized spacial score (nSPS) is 16.6. The Bertz CT molecular complexity index is 532. The molecule has 1 aliphatic heterocycles. The van der Waals surface area contributed by atoms with Gasteiger partial charge in [0.1, 0.15) is 6.07 Å². The van der Waals surface area contributed by atoms with Crippen molar-refractivity contribution in [3.05, 3.63) is 28.2 Å². The summed E-state index contributed by atoms with van der Waals surface area (Å²) in [5.41, 5.74) is 6.83. The van der Waals surface area contributed by atoms with E-state index in [4.69, 9.17) is 11.0 Å². The van der Waals surface area contributed by atoms with Crippen LogP contribution in [0.5, 0.6) is 0 Å². The van der Waals surface area contributed by atoms with Crippen LogP contribution in [0.15, 0.2) is 22.7 Å². The van der Waals surface area contributed by atoms with E-state index in [-0.39, 0.29) is 5.91 Å². The van der Waals surface area contributed by atoms with Crippen LogP contribution in [0.4, 0.5) is 5.69 Å². The third-order valence-corrected chi connectivity index (χ3v) is 4.08. The number of nitriles is 1. The molecule has 0 unspecified atom stereocenters. The number of rotatable bonds is 4. The molecule has 106 valence electrons. The number of piperidine rings is 1. The number of nitrogens with two attached hydrogens (primary N) is 1. The average molecular weight is 337 g/mol. The van der Waals surface area contributed by atoms with E-state index in [1.807, 2.05) is 12.1 Å². The number of hydrogen-bond donors (Lipinski definition) is 2. The van der Waals surface area contributed by atoms with E-state index in [9.17, 15) is 4.79 Å². The Morgan fingerprint density at radius 2 is 2.20 bits per heavy atom. The molecule has 1 aromatic carbocycles. The number of amides is 1. The molecule has 3 N–H and O–H groups in total. The SMILES string of the molecule is N#Cc1ccc(NC2CCN(CC(N)=O)CC2)cc1Br. The zero-order valence-electron chi connectivity index (χ0n) is 11.1. The molecule has 1 aliphatic rings. The van der Waals surface area contributed by atoms with Crippen LogP contribution in [0.25, 0.3) is 0 Å². The highest BCUT2D eigenvalue weighted by Crippen LogP contribution is 2.23. The number of likely N-dealkylation sites (tertiary alicyclic amines) is 1. The Morgan fingerprint density at radius 1 is 1.50 bits per heavy atom. The molecule has 0 spiro atoms. The van der Waals surface area contributed by atoms with Crippen molar-refractivity contribution in [3.63, 3.8) is 0 Å². The molecular formula is C14H17BrN4O.